The van der Waals surface area contributed by atoms with E-state index in [-0.39, 0.29) is 19.8 Å². The Balaban J connectivity index is 2.47. The Kier molecular flexibility index (Phi) is 5.79. The van der Waals surface area contributed by atoms with Crippen molar-refractivity contribution >= 4 is 5.97 Å². The van der Waals surface area contributed by atoms with Crippen LogP contribution in [0.3, 0.4) is 0 Å². The molecule has 118 valence electrons. The van der Waals surface area contributed by atoms with Crippen molar-refractivity contribution in [3.63, 3.8) is 0 Å². The molecule has 1 aliphatic heterocycles. The zero-order valence-electron chi connectivity index (χ0n) is 11.7. The van der Waals surface area contributed by atoms with Gasteiger partial charge in [0.2, 0.25) is 0 Å². The van der Waals surface area contributed by atoms with Crippen LogP contribution in [0.4, 0.5) is 13.2 Å². The normalized spacial score (nSPS) is 23.6. The molecule has 0 N–H and O–H groups in total. The van der Waals surface area contributed by atoms with Gasteiger partial charge in [0.05, 0.1) is 26.2 Å². The maximum atomic E-state index is 12.7. The number of ether oxygens (including phenoxy) is 4. The lowest BCUT2D eigenvalue weighted by Gasteiger charge is -2.22. The molecular weight excluding hydrogens is 281 g/mol. The van der Waals surface area contributed by atoms with Crippen LogP contribution in [0, 0.1) is 0 Å². The summed E-state index contributed by atoms with van der Waals surface area (Å²) in [5, 5.41) is 0. The second-order valence-corrected chi connectivity index (χ2v) is 4.82. The average molecular weight is 300 g/mol. The van der Waals surface area contributed by atoms with Crippen molar-refractivity contribution < 1.29 is 36.9 Å². The van der Waals surface area contributed by atoms with Gasteiger partial charge in [-0.15, -0.1) is 0 Å². The maximum Gasteiger partial charge on any atom is 0.415 e. The molecule has 0 unspecified atom stereocenters. The Morgan fingerprint density at radius 2 is 2.10 bits per heavy atom. The van der Waals surface area contributed by atoms with Crippen LogP contribution in [0.15, 0.2) is 0 Å². The second kappa shape index (κ2) is 6.73. The number of halogens is 3. The molecule has 0 amide bonds. The highest BCUT2D eigenvalue weighted by atomic mass is 19.4. The standard InChI is InChI=1S/C12H19F3O5/c1-4-17-10(16)5-9(12(13,14)15)18-6-8-7-19-11(2,3)20-8/h8-9H,4-7H2,1-3H3/t8-,9+/m0/s1. The Hall–Kier alpha value is -0.860. The summed E-state index contributed by atoms with van der Waals surface area (Å²) in [7, 11) is 0. The molecule has 2 atom stereocenters. The third-order valence-corrected chi connectivity index (χ3v) is 2.57. The number of hydrogen-bond donors (Lipinski definition) is 0. The first-order valence-corrected chi connectivity index (χ1v) is 6.29. The zero-order chi connectivity index (χ0) is 15.4. The van der Waals surface area contributed by atoms with E-state index in [9.17, 15) is 18.0 Å². The molecule has 20 heavy (non-hydrogen) atoms. The van der Waals surface area contributed by atoms with Crippen LogP contribution in [0.1, 0.15) is 27.2 Å². The van der Waals surface area contributed by atoms with Crippen molar-refractivity contribution in [3.05, 3.63) is 0 Å². The van der Waals surface area contributed by atoms with Gasteiger partial charge in [-0.3, -0.25) is 4.79 Å². The predicted molar refractivity (Wildman–Crippen MR) is 61.9 cm³/mol. The van der Waals surface area contributed by atoms with Crippen molar-refractivity contribution in [2.75, 3.05) is 19.8 Å². The third kappa shape index (κ3) is 5.64. The number of rotatable bonds is 6. The van der Waals surface area contributed by atoms with E-state index in [0.717, 1.165) is 0 Å². The minimum atomic E-state index is -4.64. The molecule has 1 rings (SSSR count). The van der Waals surface area contributed by atoms with Gasteiger partial charge in [-0.2, -0.15) is 13.2 Å². The summed E-state index contributed by atoms with van der Waals surface area (Å²) in [6.45, 7) is 4.72. The highest BCUT2D eigenvalue weighted by Gasteiger charge is 2.43. The Bertz CT molecular complexity index is 330. The number of alkyl halides is 3. The second-order valence-electron chi connectivity index (χ2n) is 4.82. The minimum Gasteiger partial charge on any atom is -0.466 e. The van der Waals surface area contributed by atoms with Gasteiger partial charge >= 0.3 is 12.1 Å². The maximum absolute atomic E-state index is 12.7. The van der Waals surface area contributed by atoms with Crippen LogP contribution in [0.5, 0.6) is 0 Å². The van der Waals surface area contributed by atoms with Gasteiger partial charge in [-0.1, -0.05) is 0 Å². The van der Waals surface area contributed by atoms with Crippen LogP contribution in [0.2, 0.25) is 0 Å². The van der Waals surface area contributed by atoms with Crippen molar-refractivity contribution in [2.45, 2.75) is 51.4 Å². The number of esters is 1. The van der Waals surface area contributed by atoms with E-state index >= 15 is 0 Å². The van der Waals surface area contributed by atoms with Gasteiger partial charge in [0.1, 0.15) is 6.10 Å². The largest absolute Gasteiger partial charge is 0.466 e. The molecule has 0 aromatic heterocycles. The van der Waals surface area contributed by atoms with E-state index in [0.29, 0.717) is 0 Å². The lowest BCUT2D eigenvalue weighted by Crippen LogP contribution is -2.37. The van der Waals surface area contributed by atoms with E-state index in [4.69, 9.17) is 14.2 Å². The molecule has 0 aliphatic carbocycles. The van der Waals surface area contributed by atoms with Gasteiger partial charge < -0.3 is 18.9 Å². The van der Waals surface area contributed by atoms with E-state index < -0.39 is 36.6 Å². The van der Waals surface area contributed by atoms with E-state index in [1.807, 2.05) is 0 Å². The smallest absolute Gasteiger partial charge is 0.415 e. The molecule has 0 radical (unpaired) electrons. The average Bonchev–Trinajstić information content (AvgIpc) is 2.63. The molecule has 0 bridgehead atoms. The van der Waals surface area contributed by atoms with Gasteiger partial charge in [0, 0.05) is 0 Å². The van der Waals surface area contributed by atoms with Crippen LogP contribution >= 0.6 is 0 Å². The topological polar surface area (TPSA) is 54.0 Å². The van der Waals surface area contributed by atoms with Gasteiger partial charge in [-0.25, -0.2) is 0 Å². The molecule has 0 saturated carbocycles. The van der Waals surface area contributed by atoms with Crippen LogP contribution in [-0.2, 0) is 23.7 Å². The number of hydrogen-bond acceptors (Lipinski definition) is 5. The van der Waals surface area contributed by atoms with Gasteiger partial charge in [0.25, 0.3) is 0 Å². The minimum absolute atomic E-state index is 0.0250. The summed E-state index contributed by atoms with van der Waals surface area (Å²) < 4.78 is 58.0. The quantitative estimate of drug-likeness (QED) is 0.703. The first-order valence-electron chi connectivity index (χ1n) is 6.29. The number of carbonyl (C=O) groups is 1. The summed E-state index contributed by atoms with van der Waals surface area (Å²) in [6.07, 6.45) is -8.29. The molecule has 5 nitrogen and oxygen atoms in total. The monoisotopic (exact) mass is 300 g/mol. The summed E-state index contributed by atoms with van der Waals surface area (Å²) in [4.78, 5) is 11.1. The molecule has 0 aromatic carbocycles. The van der Waals surface area contributed by atoms with Crippen LogP contribution in [-0.4, -0.2) is 50.0 Å². The van der Waals surface area contributed by atoms with Crippen LogP contribution < -0.4 is 0 Å². The SMILES string of the molecule is CCOC(=O)C[C@@H](OC[C@H]1COC(C)(C)O1)C(F)(F)F. The van der Waals surface area contributed by atoms with Crippen LogP contribution in [0.25, 0.3) is 0 Å². The molecule has 1 heterocycles. The molecule has 1 aliphatic rings. The van der Waals surface area contributed by atoms with Gasteiger partial charge in [0.15, 0.2) is 11.9 Å². The first kappa shape index (κ1) is 17.2. The predicted octanol–water partition coefficient (Wildman–Crippen LogP) is 2.04. The summed E-state index contributed by atoms with van der Waals surface area (Å²) in [5.74, 6) is -1.78. The molecule has 1 saturated heterocycles. The molecule has 1 fully saturated rings. The highest BCUT2D eigenvalue weighted by molar-refractivity contribution is 5.70. The van der Waals surface area contributed by atoms with Crippen molar-refractivity contribution in [2.24, 2.45) is 0 Å². The fourth-order valence-electron chi connectivity index (χ4n) is 1.71. The molecular formula is C12H19F3O5. The molecule has 8 heteroatoms. The molecule has 0 spiro atoms. The highest BCUT2D eigenvalue weighted by Crippen LogP contribution is 2.28. The fraction of sp³-hybridized carbons (Fsp3) is 0.917. The van der Waals surface area contributed by atoms with E-state index in [1.54, 1.807) is 13.8 Å². The lowest BCUT2D eigenvalue weighted by molar-refractivity contribution is -0.232. The summed E-state index contributed by atoms with van der Waals surface area (Å²) >= 11 is 0. The lowest BCUT2D eigenvalue weighted by atomic mass is 10.2. The summed E-state index contributed by atoms with van der Waals surface area (Å²) in [6, 6.07) is 0. The van der Waals surface area contributed by atoms with Gasteiger partial charge in [-0.05, 0) is 20.8 Å². The molecule has 0 aromatic rings. The van der Waals surface area contributed by atoms with Crippen molar-refractivity contribution in [1.29, 1.82) is 0 Å². The Morgan fingerprint density at radius 1 is 1.45 bits per heavy atom. The van der Waals surface area contributed by atoms with Crippen molar-refractivity contribution in [3.8, 4) is 0 Å². The zero-order valence-corrected chi connectivity index (χ0v) is 11.7. The summed E-state index contributed by atoms with van der Waals surface area (Å²) in [5.41, 5.74) is 0. The fourth-order valence-corrected chi connectivity index (χ4v) is 1.71. The van der Waals surface area contributed by atoms with E-state index in [2.05, 4.69) is 4.74 Å². The first-order chi connectivity index (χ1) is 9.14. The third-order valence-electron chi connectivity index (χ3n) is 2.57. The van der Waals surface area contributed by atoms with E-state index in [1.165, 1.54) is 6.92 Å². The van der Waals surface area contributed by atoms with Crippen molar-refractivity contribution in [1.82, 2.24) is 0 Å². The number of carbonyl (C=O) groups excluding carboxylic acids is 1. The Morgan fingerprint density at radius 3 is 2.55 bits per heavy atom. The Labute approximate surface area is 115 Å².